The third kappa shape index (κ3) is 2.65. The van der Waals surface area contributed by atoms with Crippen LogP contribution >= 0.6 is 11.8 Å². The summed E-state index contributed by atoms with van der Waals surface area (Å²) in [5.41, 5.74) is 0.582. The van der Waals surface area contributed by atoms with Gasteiger partial charge in [-0.15, -0.1) is 0 Å². The van der Waals surface area contributed by atoms with Crippen molar-refractivity contribution in [3.05, 3.63) is 22.6 Å². The molecule has 1 aliphatic rings. The van der Waals surface area contributed by atoms with Crippen molar-refractivity contribution in [1.82, 2.24) is 5.32 Å². The lowest BCUT2D eigenvalue weighted by molar-refractivity contribution is -0.115. The zero-order valence-corrected chi connectivity index (χ0v) is 11.0. The molecule has 0 bridgehead atoms. The molecule has 1 aliphatic heterocycles. The molecule has 0 atom stereocenters. The molecule has 2 rings (SSSR count). The summed E-state index contributed by atoms with van der Waals surface area (Å²) in [5, 5.41) is 11.5. The maximum Gasteiger partial charge on any atom is 0.290 e. The summed E-state index contributed by atoms with van der Waals surface area (Å²) >= 11 is 0.817. The van der Waals surface area contributed by atoms with E-state index < -0.39 is 11.1 Å². The minimum atomic E-state index is -0.444. The van der Waals surface area contributed by atoms with Gasteiger partial charge in [0.25, 0.3) is 11.1 Å². The largest absolute Gasteiger partial charge is 0.502 e. The van der Waals surface area contributed by atoms with E-state index >= 15 is 0 Å². The van der Waals surface area contributed by atoms with E-state index in [1.165, 1.54) is 20.3 Å². The number of phenolic OH excluding ortho intramolecular Hbond substituents is 1. The van der Waals surface area contributed by atoms with Gasteiger partial charge in [-0.25, -0.2) is 0 Å². The molecule has 1 fully saturated rings. The highest BCUT2D eigenvalue weighted by atomic mass is 32.2. The third-order valence-corrected chi connectivity index (χ3v) is 3.25. The number of methoxy groups -OCH3 is 2. The van der Waals surface area contributed by atoms with Crippen LogP contribution in [0, 0.1) is 0 Å². The summed E-state index contributed by atoms with van der Waals surface area (Å²) in [6.07, 6.45) is 1.52. The molecule has 100 valence electrons. The topological polar surface area (TPSA) is 84.9 Å². The van der Waals surface area contributed by atoms with Gasteiger partial charge in [-0.2, -0.15) is 0 Å². The number of aromatic hydroxyl groups is 1. The highest BCUT2D eigenvalue weighted by molar-refractivity contribution is 8.18. The zero-order valence-electron chi connectivity index (χ0n) is 10.2. The summed E-state index contributed by atoms with van der Waals surface area (Å²) in [4.78, 5) is 22.8. The third-order valence-electron chi connectivity index (χ3n) is 2.44. The molecule has 1 aromatic rings. The number of benzene rings is 1. The minimum Gasteiger partial charge on any atom is -0.502 e. The number of thioether (sulfide) groups is 1. The van der Waals surface area contributed by atoms with Crippen molar-refractivity contribution in [2.45, 2.75) is 0 Å². The van der Waals surface area contributed by atoms with Gasteiger partial charge < -0.3 is 14.6 Å². The first-order valence-electron chi connectivity index (χ1n) is 5.25. The fraction of sp³-hybridized carbons (Fsp3) is 0.167. The average Bonchev–Trinajstić information content (AvgIpc) is 2.69. The van der Waals surface area contributed by atoms with Crippen LogP contribution in [-0.2, 0) is 4.79 Å². The van der Waals surface area contributed by atoms with Crippen LogP contribution < -0.4 is 14.8 Å². The summed E-state index contributed by atoms with van der Waals surface area (Å²) in [6.45, 7) is 0. The molecule has 0 aliphatic carbocycles. The monoisotopic (exact) mass is 281 g/mol. The molecule has 19 heavy (non-hydrogen) atoms. The van der Waals surface area contributed by atoms with E-state index in [2.05, 4.69) is 5.32 Å². The lowest BCUT2D eigenvalue weighted by Gasteiger charge is -2.09. The summed E-state index contributed by atoms with van der Waals surface area (Å²) in [5.74, 6) is -0.116. The van der Waals surface area contributed by atoms with Gasteiger partial charge in [0.05, 0.1) is 19.1 Å². The van der Waals surface area contributed by atoms with Crippen LogP contribution in [-0.4, -0.2) is 30.5 Å². The standard InChI is InChI=1S/C12H11NO5S/c1-17-7-3-6(4-8(18-2)10(7)14)5-9-11(15)13-12(16)19-9/h3-5,14H,1-2H3,(H,13,15,16)/b9-5-. The second-order valence-corrected chi connectivity index (χ2v) is 4.64. The Morgan fingerprint density at radius 2 is 1.79 bits per heavy atom. The maximum atomic E-state index is 11.4. The Labute approximate surface area is 113 Å². The fourth-order valence-corrected chi connectivity index (χ4v) is 2.25. The van der Waals surface area contributed by atoms with E-state index in [1.54, 1.807) is 12.1 Å². The van der Waals surface area contributed by atoms with E-state index in [-0.39, 0.29) is 22.2 Å². The van der Waals surface area contributed by atoms with Crippen molar-refractivity contribution in [3.8, 4) is 17.2 Å². The molecule has 0 aromatic heterocycles. The number of hydrogen-bond donors (Lipinski definition) is 2. The van der Waals surface area contributed by atoms with Gasteiger partial charge in [0.2, 0.25) is 5.75 Å². The SMILES string of the molecule is COc1cc(/C=C2\SC(=O)NC2=O)cc(OC)c1O. The number of carbonyl (C=O) groups excluding carboxylic acids is 2. The molecule has 1 saturated heterocycles. The van der Waals surface area contributed by atoms with Crippen LogP contribution in [0.1, 0.15) is 5.56 Å². The zero-order chi connectivity index (χ0) is 14.0. The molecule has 0 radical (unpaired) electrons. The van der Waals surface area contributed by atoms with Gasteiger partial charge in [0.15, 0.2) is 11.5 Å². The first kappa shape index (κ1) is 13.3. The van der Waals surface area contributed by atoms with E-state index in [0.717, 1.165) is 11.8 Å². The molecule has 7 heteroatoms. The molecule has 1 aromatic carbocycles. The molecular weight excluding hydrogens is 270 g/mol. The van der Waals surface area contributed by atoms with Crippen LogP contribution in [0.5, 0.6) is 17.2 Å². The lowest BCUT2D eigenvalue weighted by Crippen LogP contribution is -2.17. The molecule has 0 unspecified atom stereocenters. The van der Waals surface area contributed by atoms with Gasteiger partial charge in [-0.05, 0) is 35.5 Å². The Balaban J connectivity index is 2.43. The summed E-state index contributed by atoms with van der Waals surface area (Å²) in [7, 11) is 2.82. The summed E-state index contributed by atoms with van der Waals surface area (Å²) in [6, 6.07) is 3.09. The predicted octanol–water partition coefficient (Wildman–Crippen LogP) is 1.73. The molecule has 0 saturated carbocycles. The molecule has 0 spiro atoms. The quantitative estimate of drug-likeness (QED) is 0.821. The summed E-state index contributed by atoms with van der Waals surface area (Å²) < 4.78 is 10.0. The number of phenols is 1. The van der Waals surface area contributed by atoms with Crippen molar-refractivity contribution in [3.63, 3.8) is 0 Å². The Hall–Kier alpha value is -2.15. The highest BCUT2D eigenvalue weighted by Gasteiger charge is 2.25. The van der Waals surface area contributed by atoms with Gasteiger partial charge in [-0.3, -0.25) is 14.9 Å². The van der Waals surface area contributed by atoms with Crippen molar-refractivity contribution < 1.29 is 24.2 Å². The van der Waals surface area contributed by atoms with Crippen LogP contribution in [0.3, 0.4) is 0 Å². The Kier molecular flexibility index (Phi) is 3.66. The van der Waals surface area contributed by atoms with Gasteiger partial charge in [-0.1, -0.05) is 0 Å². The Morgan fingerprint density at radius 3 is 2.21 bits per heavy atom. The van der Waals surface area contributed by atoms with Crippen molar-refractivity contribution >= 4 is 29.0 Å². The molecule has 6 nitrogen and oxygen atoms in total. The molecular formula is C12H11NO5S. The average molecular weight is 281 g/mol. The van der Waals surface area contributed by atoms with Crippen LogP contribution in [0.15, 0.2) is 17.0 Å². The fourth-order valence-electron chi connectivity index (χ4n) is 1.57. The Bertz CT molecular complexity index is 556. The number of nitrogens with one attached hydrogen (secondary N) is 1. The van der Waals surface area contributed by atoms with Gasteiger partial charge in [0, 0.05) is 0 Å². The first-order valence-corrected chi connectivity index (χ1v) is 6.06. The molecule has 2 N–H and O–H groups in total. The van der Waals surface area contributed by atoms with Crippen molar-refractivity contribution in [2.24, 2.45) is 0 Å². The van der Waals surface area contributed by atoms with Gasteiger partial charge in [0.1, 0.15) is 0 Å². The smallest absolute Gasteiger partial charge is 0.290 e. The molecule has 1 heterocycles. The number of ether oxygens (including phenoxy) is 2. The minimum absolute atomic E-state index is 0.119. The van der Waals surface area contributed by atoms with Crippen molar-refractivity contribution in [1.29, 1.82) is 0 Å². The maximum absolute atomic E-state index is 11.4. The highest BCUT2D eigenvalue weighted by Crippen LogP contribution is 2.38. The van der Waals surface area contributed by atoms with Gasteiger partial charge >= 0.3 is 0 Å². The number of imide groups is 1. The van der Waals surface area contributed by atoms with E-state index in [9.17, 15) is 14.7 Å². The normalized spacial score (nSPS) is 16.6. The number of amides is 2. The van der Waals surface area contributed by atoms with Crippen LogP contribution in [0.4, 0.5) is 4.79 Å². The van der Waals surface area contributed by atoms with E-state index in [4.69, 9.17) is 9.47 Å². The van der Waals surface area contributed by atoms with E-state index in [1.807, 2.05) is 0 Å². The number of rotatable bonds is 3. The second kappa shape index (κ2) is 5.23. The second-order valence-electron chi connectivity index (χ2n) is 3.63. The lowest BCUT2D eigenvalue weighted by atomic mass is 10.1. The first-order chi connectivity index (χ1) is 9.05. The predicted molar refractivity (Wildman–Crippen MR) is 70.3 cm³/mol. The number of hydrogen-bond acceptors (Lipinski definition) is 6. The van der Waals surface area contributed by atoms with Crippen LogP contribution in [0.2, 0.25) is 0 Å². The Morgan fingerprint density at radius 1 is 1.21 bits per heavy atom. The number of carbonyl (C=O) groups is 2. The van der Waals surface area contributed by atoms with E-state index in [0.29, 0.717) is 5.56 Å². The molecule has 2 amide bonds. The van der Waals surface area contributed by atoms with Crippen molar-refractivity contribution in [2.75, 3.05) is 14.2 Å². The van der Waals surface area contributed by atoms with Crippen LogP contribution in [0.25, 0.3) is 6.08 Å².